The van der Waals surface area contributed by atoms with E-state index < -0.39 is 5.82 Å². The van der Waals surface area contributed by atoms with Crippen LogP contribution in [0.5, 0.6) is 5.75 Å². The zero-order valence-corrected chi connectivity index (χ0v) is 18.6. The fourth-order valence-corrected chi connectivity index (χ4v) is 3.66. The van der Waals surface area contributed by atoms with Crippen LogP contribution in [-0.4, -0.2) is 28.5 Å². The van der Waals surface area contributed by atoms with Crippen molar-refractivity contribution in [1.29, 1.82) is 0 Å². The first-order valence-corrected chi connectivity index (χ1v) is 11.1. The third kappa shape index (κ3) is 5.97. The van der Waals surface area contributed by atoms with E-state index in [-0.39, 0.29) is 24.2 Å². The molecule has 8 heteroatoms. The van der Waals surface area contributed by atoms with Gasteiger partial charge in [-0.3, -0.25) is 4.79 Å². The van der Waals surface area contributed by atoms with E-state index in [4.69, 9.17) is 10.5 Å². The lowest BCUT2D eigenvalue weighted by atomic mass is 10.1. The summed E-state index contributed by atoms with van der Waals surface area (Å²) >= 11 is 0. The van der Waals surface area contributed by atoms with Crippen LogP contribution in [0.3, 0.4) is 0 Å². The minimum Gasteiger partial charge on any atom is -0.494 e. The van der Waals surface area contributed by atoms with E-state index in [1.807, 2.05) is 60.4 Å². The van der Waals surface area contributed by atoms with Gasteiger partial charge in [-0.15, -0.1) is 0 Å². The van der Waals surface area contributed by atoms with Gasteiger partial charge in [-0.1, -0.05) is 36.4 Å². The van der Waals surface area contributed by atoms with Crippen LogP contribution in [0, 0.1) is 5.82 Å². The Labute approximate surface area is 192 Å². The number of hydrogen-bond donors (Lipinski definition) is 2. The fraction of sp³-hybridized carbons (Fsp3) is 0.320. The number of nitrogens with two attached hydrogens (primary N) is 1. The first-order valence-electron chi connectivity index (χ1n) is 11.1. The van der Waals surface area contributed by atoms with Gasteiger partial charge in [0.25, 0.3) is 0 Å². The first-order chi connectivity index (χ1) is 16.0. The van der Waals surface area contributed by atoms with Crippen molar-refractivity contribution >= 4 is 17.5 Å². The maximum absolute atomic E-state index is 15.4. The van der Waals surface area contributed by atoms with Crippen molar-refractivity contribution in [2.75, 3.05) is 16.8 Å². The number of carbonyl (C=O) groups is 1. The minimum absolute atomic E-state index is 0.165. The van der Waals surface area contributed by atoms with Gasteiger partial charge in [0.2, 0.25) is 11.7 Å². The number of benzene rings is 2. The Kier molecular flexibility index (Phi) is 7.02. The van der Waals surface area contributed by atoms with E-state index >= 15 is 4.39 Å². The average molecular weight is 450 g/mol. The van der Waals surface area contributed by atoms with Crippen LogP contribution in [0.25, 0.3) is 0 Å². The van der Waals surface area contributed by atoms with Crippen LogP contribution in [0.1, 0.15) is 36.5 Å². The Bertz CT molecular complexity index is 1080. The number of primary amides is 1. The van der Waals surface area contributed by atoms with E-state index in [0.29, 0.717) is 25.5 Å². The quantitative estimate of drug-likeness (QED) is 0.462. The smallest absolute Gasteiger partial charge is 0.221 e. The predicted octanol–water partition coefficient (Wildman–Crippen LogP) is 3.82. The summed E-state index contributed by atoms with van der Waals surface area (Å²) in [7, 11) is 0. The largest absolute Gasteiger partial charge is 0.494 e. The maximum atomic E-state index is 15.4. The van der Waals surface area contributed by atoms with Crippen LogP contribution in [0.4, 0.5) is 16.0 Å². The number of aromatic nitrogens is 2. The molecule has 0 aliphatic heterocycles. The second kappa shape index (κ2) is 10.3. The summed E-state index contributed by atoms with van der Waals surface area (Å²) < 4.78 is 20.9. The lowest BCUT2D eigenvalue weighted by Gasteiger charge is -2.24. The summed E-state index contributed by atoms with van der Waals surface area (Å²) in [6, 6.07) is 15.6. The summed E-state index contributed by atoms with van der Waals surface area (Å²) in [4.78, 5) is 21.4. The Morgan fingerprint density at radius 1 is 1.09 bits per heavy atom. The van der Waals surface area contributed by atoms with E-state index in [0.717, 1.165) is 35.3 Å². The molecule has 1 aliphatic carbocycles. The number of rotatable bonds is 11. The van der Waals surface area contributed by atoms with Crippen molar-refractivity contribution in [3.63, 3.8) is 0 Å². The van der Waals surface area contributed by atoms with Gasteiger partial charge in [0, 0.05) is 19.1 Å². The monoisotopic (exact) mass is 449 g/mol. The van der Waals surface area contributed by atoms with Crippen molar-refractivity contribution in [1.82, 2.24) is 9.97 Å². The summed E-state index contributed by atoms with van der Waals surface area (Å²) in [6.07, 6.45) is 3.62. The highest BCUT2D eigenvalue weighted by Gasteiger charge is 2.32. The fourth-order valence-electron chi connectivity index (χ4n) is 3.66. The van der Waals surface area contributed by atoms with Crippen molar-refractivity contribution in [3.05, 3.63) is 77.4 Å². The second-order valence-corrected chi connectivity index (χ2v) is 8.11. The van der Waals surface area contributed by atoms with Crippen molar-refractivity contribution in [2.45, 2.75) is 45.3 Å². The molecule has 1 aromatic heterocycles. The lowest BCUT2D eigenvalue weighted by molar-refractivity contribution is -0.117. The normalized spacial score (nSPS) is 12.9. The number of nitrogens with one attached hydrogen (secondary N) is 1. The van der Waals surface area contributed by atoms with Crippen LogP contribution in [0.15, 0.2) is 54.9 Å². The third-order valence-corrected chi connectivity index (χ3v) is 5.48. The van der Waals surface area contributed by atoms with Crippen molar-refractivity contribution in [2.24, 2.45) is 5.73 Å². The summed E-state index contributed by atoms with van der Waals surface area (Å²) in [5.41, 5.74) is 8.08. The van der Waals surface area contributed by atoms with Crippen LogP contribution >= 0.6 is 0 Å². The van der Waals surface area contributed by atoms with E-state index in [1.165, 1.54) is 6.33 Å². The first kappa shape index (κ1) is 22.5. The number of amides is 1. The molecule has 0 unspecified atom stereocenters. The predicted molar refractivity (Wildman–Crippen MR) is 125 cm³/mol. The third-order valence-electron chi connectivity index (χ3n) is 5.48. The summed E-state index contributed by atoms with van der Waals surface area (Å²) in [5, 5.41) is 3.07. The second-order valence-electron chi connectivity index (χ2n) is 8.11. The number of hydrogen-bond acceptors (Lipinski definition) is 6. The minimum atomic E-state index is -0.458. The maximum Gasteiger partial charge on any atom is 0.221 e. The van der Waals surface area contributed by atoms with Gasteiger partial charge in [0.1, 0.15) is 12.1 Å². The molecule has 1 heterocycles. The molecule has 0 radical (unpaired) electrons. The Balaban J connectivity index is 1.46. The topological polar surface area (TPSA) is 93.4 Å². The zero-order chi connectivity index (χ0) is 23.2. The standard InChI is InChI=1S/C25H28FN5O2/c1-2-33-21-11-7-19(8-12-21)15-31(20-9-10-20)25-23(26)24(29-16-30-25)28-14-18-5-3-17(4-6-18)13-22(27)32/h3-8,11-12,16,20H,2,9-10,13-15H2,1H3,(H2,27,32)(H,28,29,30). The van der Waals surface area contributed by atoms with E-state index in [1.54, 1.807) is 0 Å². The Morgan fingerprint density at radius 3 is 2.39 bits per heavy atom. The molecule has 0 saturated heterocycles. The molecule has 1 amide bonds. The van der Waals surface area contributed by atoms with Crippen LogP contribution < -0.4 is 20.7 Å². The molecule has 3 N–H and O–H groups in total. The highest BCUT2D eigenvalue weighted by Crippen LogP contribution is 2.34. The molecule has 4 rings (SSSR count). The van der Waals surface area contributed by atoms with Gasteiger partial charge in [-0.05, 0) is 48.6 Å². The molecule has 0 bridgehead atoms. The Hall–Kier alpha value is -3.68. The molecule has 1 fully saturated rings. The highest BCUT2D eigenvalue weighted by atomic mass is 19.1. The number of anilines is 2. The number of halogens is 1. The molecule has 3 aromatic rings. The molecule has 33 heavy (non-hydrogen) atoms. The summed E-state index contributed by atoms with van der Waals surface area (Å²) in [6.45, 7) is 3.52. The number of carbonyl (C=O) groups excluding carboxylic acids is 1. The molecule has 1 aliphatic rings. The molecular formula is C25H28FN5O2. The van der Waals surface area contributed by atoms with Crippen molar-refractivity contribution < 1.29 is 13.9 Å². The SMILES string of the molecule is CCOc1ccc(CN(c2ncnc(NCc3ccc(CC(N)=O)cc3)c2F)C2CC2)cc1. The van der Waals surface area contributed by atoms with Gasteiger partial charge >= 0.3 is 0 Å². The van der Waals surface area contributed by atoms with Gasteiger partial charge in [-0.2, -0.15) is 4.39 Å². The van der Waals surface area contributed by atoms with E-state index in [9.17, 15) is 4.79 Å². The van der Waals surface area contributed by atoms with Gasteiger partial charge in [0.15, 0.2) is 11.6 Å². The Morgan fingerprint density at radius 2 is 1.76 bits per heavy atom. The number of nitrogens with zero attached hydrogens (tertiary/aromatic N) is 3. The lowest BCUT2D eigenvalue weighted by Crippen LogP contribution is -2.27. The van der Waals surface area contributed by atoms with Gasteiger partial charge in [-0.25, -0.2) is 9.97 Å². The summed E-state index contributed by atoms with van der Waals surface area (Å²) in [5.74, 6) is 0.462. The zero-order valence-electron chi connectivity index (χ0n) is 18.6. The van der Waals surface area contributed by atoms with Crippen LogP contribution in [-0.2, 0) is 24.3 Å². The number of ether oxygens (including phenoxy) is 1. The van der Waals surface area contributed by atoms with Gasteiger partial charge < -0.3 is 20.7 Å². The average Bonchev–Trinajstić information content (AvgIpc) is 3.64. The molecular weight excluding hydrogens is 421 g/mol. The van der Waals surface area contributed by atoms with Gasteiger partial charge in [0.05, 0.1) is 13.0 Å². The molecule has 2 aromatic carbocycles. The molecule has 0 spiro atoms. The molecule has 1 saturated carbocycles. The molecule has 172 valence electrons. The van der Waals surface area contributed by atoms with Crippen molar-refractivity contribution in [3.8, 4) is 5.75 Å². The molecule has 7 nitrogen and oxygen atoms in total. The van der Waals surface area contributed by atoms with Crippen LogP contribution in [0.2, 0.25) is 0 Å². The van der Waals surface area contributed by atoms with E-state index in [2.05, 4.69) is 15.3 Å². The molecule has 0 atom stereocenters. The highest BCUT2D eigenvalue weighted by molar-refractivity contribution is 5.76.